The van der Waals surface area contributed by atoms with E-state index in [1.807, 2.05) is 0 Å². The Balaban J connectivity index is 2.20. The number of fused-ring (bicyclic) bond motifs is 1. The van der Waals surface area contributed by atoms with Crippen LogP contribution in [0.4, 0.5) is 0 Å². The van der Waals surface area contributed by atoms with Gasteiger partial charge in [0.05, 0.1) is 12.6 Å². The number of hydrogen-bond donors (Lipinski definition) is 2. The molecule has 1 atom stereocenters. The van der Waals surface area contributed by atoms with E-state index >= 15 is 0 Å². The minimum Gasteiger partial charge on any atom is -0.383 e. The fourth-order valence-corrected chi connectivity index (χ4v) is 2.22. The Morgan fingerprint density at radius 3 is 2.93 bits per heavy atom. The van der Waals surface area contributed by atoms with E-state index < -0.39 is 0 Å². The van der Waals surface area contributed by atoms with Crippen molar-refractivity contribution in [3.8, 4) is 0 Å². The van der Waals surface area contributed by atoms with Crippen molar-refractivity contribution in [2.45, 2.75) is 25.3 Å². The number of nitrogens with one attached hydrogen (secondary N) is 1. The number of ether oxygens (including phenoxy) is 1. The Morgan fingerprint density at radius 1 is 1.40 bits per heavy atom. The van der Waals surface area contributed by atoms with Crippen LogP contribution in [0.5, 0.6) is 0 Å². The molecule has 0 amide bonds. The molecule has 1 aliphatic carbocycles. The Morgan fingerprint density at radius 2 is 2.20 bits per heavy atom. The van der Waals surface area contributed by atoms with Gasteiger partial charge in [-0.25, -0.2) is 0 Å². The van der Waals surface area contributed by atoms with E-state index in [4.69, 9.17) is 10.6 Å². The van der Waals surface area contributed by atoms with Crippen LogP contribution in [0.2, 0.25) is 0 Å². The lowest BCUT2D eigenvalue weighted by Gasteiger charge is -2.16. The third kappa shape index (κ3) is 2.20. The molecule has 0 fully saturated rings. The van der Waals surface area contributed by atoms with Gasteiger partial charge >= 0.3 is 0 Å². The van der Waals surface area contributed by atoms with Crippen molar-refractivity contribution >= 4 is 0 Å². The molecule has 0 saturated heterocycles. The molecule has 15 heavy (non-hydrogen) atoms. The monoisotopic (exact) mass is 206 g/mol. The molecule has 0 bridgehead atoms. The van der Waals surface area contributed by atoms with Crippen molar-refractivity contribution in [2.75, 3.05) is 13.7 Å². The first kappa shape index (κ1) is 10.6. The minimum atomic E-state index is 0.0981. The third-order valence-corrected chi connectivity index (χ3v) is 3.06. The first-order valence-electron chi connectivity index (χ1n) is 5.42. The zero-order chi connectivity index (χ0) is 10.7. The van der Waals surface area contributed by atoms with E-state index in [9.17, 15) is 0 Å². The topological polar surface area (TPSA) is 47.3 Å². The lowest BCUT2D eigenvalue weighted by Crippen LogP contribution is -2.31. The maximum atomic E-state index is 5.51. The second-order valence-corrected chi connectivity index (χ2v) is 4.06. The number of methoxy groups -OCH3 is 1. The van der Waals surface area contributed by atoms with Crippen LogP contribution in [0.15, 0.2) is 18.2 Å². The van der Waals surface area contributed by atoms with E-state index in [2.05, 4.69) is 23.6 Å². The minimum absolute atomic E-state index is 0.0981. The average Bonchev–Trinajstić information content (AvgIpc) is 2.72. The molecule has 1 unspecified atom stereocenters. The molecule has 0 spiro atoms. The van der Waals surface area contributed by atoms with Gasteiger partial charge in [0.2, 0.25) is 0 Å². The molecule has 0 heterocycles. The SMILES string of the molecule is COCC(NN)c1ccc2c(c1)CCC2. The molecule has 0 aromatic heterocycles. The lowest BCUT2D eigenvalue weighted by atomic mass is 10.0. The van der Waals surface area contributed by atoms with Gasteiger partial charge in [-0.05, 0) is 36.0 Å². The first-order valence-corrected chi connectivity index (χ1v) is 5.42. The van der Waals surface area contributed by atoms with Crippen molar-refractivity contribution in [1.29, 1.82) is 0 Å². The Hall–Kier alpha value is -0.900. The summed E-state index contributed by atoms with van der Waals surface area (Å²) in [6.07, 6.45) is 3.71. The molecule has 0 aliphatic heterocycles. The van der Waals surface area contributed by atoms with Gasteiger partial charge < -0.3 is 4.74 Å². The molecule has 82 valence electrons. The molecular formula is C12H18N2O. The van der Waals surface area contributed by atoms with E-state index in [0.717, 1.165) is 0 Å². The van der Waals surface area contributed by atoms with Crippen molar-refractivity contribution in [3.05, 3.63) is 34.9 Å². The summed E-state index contributed by atoms with van der Waals surface area (Å²) < 4.78 is 5.13. The molecule has 1 aliphatic rings. The maximum Gasteiger partial charge on any atom is 0.0693 e. The molecule has 1 aromatic carbocycles. The van der Waals surface area contributed by atoms with E-state index in [1.54, 1.807) is 7.11 Å². The second kappa shape index (κ2) is 4.75. The van der Waals surface area contributed by atoms with Gasteiger partial charge in [0, 0.05) is 7.11 Å². The third-order valence-electron chi connectivity index (χ3n) is 3.06. The molecule has 1 aromatic rings. The summed E-state index contributed by atoms with van der Waals surface area (Å²) in [6.45, 7) is 0.606. The van der Waals surface area contributed by atoms with Crippen LogP contribution in [0.25, 0.3) is 0 Å². The fraction of sp³-hybridized carbons (Fsp3) is 0.500. The van der Waals surface area contributed by atoms with E-state index in [-0.39, 0.29) is 6.04 Å². The van der Waals surface area contributed by atoms with Gasteiger partial charge in [-0.2, -0.15) is 0 Å². The van der Waals surface area contributed by atoms with Crippen molar-refractivity contribution in [3.63, 3.8) is 0 Å². The van der Waals surface area contributed by atoms with Gasteiger partial charge in [0.1, 0.15) is 0 Å². The highest BCUT2D eigenvalue weighted by Crippen LogP contribution is 2.25. The molecule has 3 nitrogen and oxygen atoms in total. The van der Waals surface area contributed by atoms with Crippen LogP contribution in [0.3, 0.4) is 0 Å². The summed E-state index contributed by atoms with van der Waals surface area (Å²) in [5, 5.41) is 0. The predicted molar refractivity (Wildman–Crippen MR) is 60.4 cm³/mol. The maximum absolute atomic E-state index is 5.51. The zero-order valence-corrected chi connectivity index (χ0v) is 9.12. The predicted octanol–water partition coefficient (Wildman–Crippen LogP) is 1.33. The quantitative estimate of drug-likeness (QED) is 0.577. The number of rotatable bonds is 4. The van der Waals surface area contributed by atoms with Crippen molar-refractivity contribution in [1.82, 2.24) is 5.43 Å². The fourth-order valence-electron chi connectivity index (χ4n) is 2.22. The normalized spacial score (nSPS) is 16.4. The highest BCUT2D eigenvalue weighted by molar-refractivity contribution is 5.36. The number of hydrogen-bond acceptors (Lipinski definition) is 3. The summed E-state index contributed by atoms with van der Waals surface area (Å²) in [7, 11) is 1.69. The molecule has 3 heteroatoms. The van der Waals surface area contributed by atoms with Gasteiger partial charge in [0.15, 0.2) is 0 Å². The Bertz CT molecular complexity index is 338. The largest absolute Gasteiger partial charge is 0.383 e. The summed E-state index contributed by atoms with van der Waals surface area (Å²) in [6, 6.07) is 6.72. The van der Waals surface area contributed by atoms with Crippen LogP contribution < -0.4 is 11.3 Å². The van der Waals surface area contributed by atoms with E-state index in [0.29, 0.717) is 6.61 Å². The second-order valence-electron chi connectivity index (χ2n) is 4.06. The number of hydrazine groups is 1. The lowest BCUT2D eigenvalue weighted by molar-refractivity contribution is 0.167. The van der Waals surface area contributed by atoms with Crippen LogP contribution in [-0.2, 0) is 17.6 Å². The van der Waals surface area contributed by atoms with Gasteiger partial charge in [0.25, 0.3) is 0 Å². The van der Waals surface area contributed by atoms with Crippen LogP contribution in [-0.4, -0.2) is 13.7 Å². The standard InChI is InChI=1S/C12H18N2O/c1-15-8-12(14-13)11-6-5-9-3-2-4-10(9)7-11/h5-7,12,14H,2-4,8,13H2,1H3. The molecule has 0 radical (unpaired) electrons. The van der Waals surface area contributed by atoms with Gasteiger partial charge in [-0.3, -0.25) is 11.3 Å². The Labute approximate surface area is 90.6 Å². The summed E-state index contributed by atoms with van der Waals surface area (Å²) in [5.41, 5.74) is 6.98. The Kier molecular flexibility index (Phi) is 3.36. The molecular weight excluding hydrogens is 188 g/mol. The highest BCUT2D eigenvalue weighted by atomic mass is 16.5. The van der Waals surface area contributed by atoms with Gasteiger partial charge in [-0.1, -0.05) is 18.2 Å². The number of aryl methyl sites for hydroxylation is 2. The van der Waals surface area contributed by atoms with Crippen molar-refractivity contribution < 1.29 is 4.74 Å². The zero-order valence-electron chi connectivity index (χ0n) is 9.12. The molecule has 3 N–H and O–H groups in total. The van der Waals surface area contributed by atoms with Gasteiger partial charge in [-0.15, -0.1) is 0 Å². The number of nitrogens with two attached hydrogens (primary N) is 1. The summed E-state index contributed by atoms with van der Waals surface area (Å²) in [4.78, 5) is 0. The number of benzene rings is 1. The average molecular weight is 206 g/mol. The van der Waals surface area contributed by atoms with E-state index in [1.165, 1.54) is 36.0 Å². The molecule has 0 saturated carbocycles. The van der Waals surface area contributed by atoms with Crippen LogP contribution >= 0.6 is 0 Å². The van der Waals surface area contributed by atoms with Crippen LogP contribution in [0.1, 0.15) is 29.2 Å². The van der Waals surface area contributed by atoms with Crippen molar-refractivity contribution in [2.24, 2.45) is 5.84 Å². The van der Waals surface area contributed by atoms with Crippen LogP contribution in [0, 0.1) is 0 Å². The first-order chi connectivity index (χ1) is 7.35. The highest BCUT2D eigenvalue weighted by Gasteiger charge is 2.14. The summed E-state index contributed by atoms with van der Waals surface area (Å²) in [5.74, 6) is 5.51. The molecule has 2 rings (SSSR count). The smallest absolute Gasteiger partial charge is 0.0693 e. The summed E-state index contributed by atoms with van der Waals surface area (Å²) >= 11 is 0.